The van der Waals surface area contributed by atoms with Gasteiger partial charge in [0.2, 0.25) is 0 Å². The first-order valence-corrected chi connectivity index (χ1v) is 5.27. The van der Waals surface area contributed by atoms with Crippen molar-refractivity contribution < 1.29 is 4.79 Å². The van der Waals surface area contributed by atoms with Gasteiger partial charge in [-0.05, 0) is 32.4 Å². The lowest BCUT2D eigenvalue weighted by Gasteiger charge is -2.23. The molecule has 0 aliphatic heterocycles. The van der Waals surface area contributed by atoms with Gasteiger partial charge in [-0.1, -0.05) is 13.0 Å². The second kappa shape index (κ2) is 4.91. The lowest BCUT2D eigenvalue weighted by Crippen LogP contribution is -2.35. The van der Waals surface area contributed by atoms with Crippen LogP contribution in [0.3, 0.4) is 0 Å². The van der Waals surface area contributed by atoms with Crippen LogP contribution in [0.4, 0.5) is 0 Å². The zero-order chi connectivity index (χ0) is 11.4. The molecular weight excluding hydrogens is 188 g/mol. The van der Waals surface area contributed by atoms with Gasteiger partial charge in [0, 0.05) is 18.8 Å². The maximum atomic E-state index is 12.0. The van der Waals surface area contributed by atoms with Crippen LogP contribution in [-0.4, -0.2) is 28.9 Å². The van der Waals surface area contributed by atoms with Crippen molar-refractivity contribution in [3.63, 3.8) is 0 Å². The Morgan fingerprint density at radius 2 is 2.20 bits per heavy atom. The van der Waals surface area contributed by atoms with E-state index in [2.05, 4.69) is 11.9 Å². The van der Waals surface area contributed by atoms with E-state index in [1.54, 1.807) is 11.0 Å². The Balaban J connectivity index is 2.85. The standard InChI is InChI=1S/C12H18N2O/c1-5-10(3)14(4)12(15)11-8-6-7-9(2)13-11/h6-8,10H,5H2,1-4H3. The molecule has 15 heavy (non-hydrogen) atoms. The van der Waals surface area contributed by atoms with Gasteiger partial charge >= 0.3 is 0 Å². The first-order chi connectivity index (χ1) is 7.06. The summed E-state index contributed by atoms with van der Waals surface area (Å²) in [5, 5.41) is 0. The summed E-state index contributed by atoms with van der Waals surface area (Å²) < 4.78 is 0. The molecule has 82 valence electrons. The third-order valence-electron chi connectivity index (χ3n) is 2.68. The molecule has 0 saturated carbocycles. The third kappa shape index (κ3) is 2.78. The number of carbonyl (C=O) groups is 1. The number of aromatic nitrogens is 1. The average Bonchev–Trinajstić information content (AvgIpc) is 2.26. The monoisotopic (exact) mass is 206 g/mol. The summed E-state index contributed by atoms with van der Waals surface area (Å²) in [4.78, 5) is 17.9. The Labute approximate surface area is 91.1 Å². The van der Waals surface area contributed by atoms with E-state index >= 15 is 0 Å². The summed E-state index contributed by atoms with van der Waals surface area (Å²) in [6, 6.07) is 5.76. The minimum Gasteiger partial charge on any atom is -0.338 e. The summed E-state index contributed by atoms with van der Waals surface area (Å²) in [5.74, 6) is -0.00644. The summed E-state index contributed by atoms with van der Waals surface area (Å²) in [7, 11) is 1.82. The van der Waals surface area contributed by atoms with E-state index in [4.69, 9.17) is 0 Å². The second-order valence-electron chi connectivity index (χ2n) is 3.84. The third-order valence-corrected chi connectivity index (χ3v) is 2.68. The zero-order valence-corrected chi connectivity index (χ0v) is 9.82. The number of hydrogen-bond donors (Lipinski definition) is 0. The number of aryl methyl sites for hydroxylation is 1. The summed E-state index contributed by atoms with van der Waals surface area (Å²) in [6.07, 6.45) is 0.952. The molecule has 0 fully saturated rings. The fourth-order valence-corrected chi connectivity index (χ4v) is 1.32. The number of pyridine rings is 1. The van der Waals surface area contributed by atoms with Crippen molar-refractivity contribution in [2.24, 2.45) is 0 Å². The Hall–Kier alpha value is -1.38. The lowest BCUT2D eigenvalue weighted by atomic mass is 10.2. The molecule has 0 N–H and O–H groups in total. The molecule has 1 rings (SSSR count). The molecule has 1 heterocycles. The fourth-order valence-electron chi connectivity index (χ4n) is 1.32. The highest BCUT2D eigenvalue weighted by molar-refractivity contribution is 5.92. The van der Waals surface area contributed by atoms with E-state index < -0.39 is 0 Å². The highest BCUT2D eigenvalue weighted by atomic mass is 16.2. The molecule has 1 unspecified atom stereocenters. The van der Waals surface area contributed by atoms with Gasteiger partial charge in [0.1, 0.15) is 5.69 Å². The zero-order valence-electron chi connectivity index (χ0n) is 9.82. The predicted molar refractivity (Wildman–Crippen MR) is 60.8 cm³/mol. The van der Waals surface area contributed by atoms with Crippen molar-refractivity contribution >= 4 is 5.91 Å². The highest BCUT2D eigenvalue weighted by Crippen LogP contribution is 2.07. The second-order valence-corrected chi connectivity index (χ2v) is 3.84. The molecule has 0 spiro atoms. The highest BCUT2D eigenvalue weighted by Gasteiger charge is 2.16. The van der Waals surface area contributed by atoms with Gasteiger partial charge in [-0.2, -0.15) is 0 Å². The van der Waals surface area contributed by atoms with Crippen LogP contribution >= 0.6 is 0 Å². The van der Waals surface area contributed by atoms with Gasteiger partial charge < -0.3 is 4.90 Å². The van der Waals surface area contributed by atoms with E-state index in [0.717, 1.165) is 12.1 Å². The van der Waals surface area contributed by atoms with Gasteiger partial charge in [-0.3, -0.25) is 4.79 Å². The van der Waals surface area contributed by atoms with Crippen LogP contribution in [0.1, 0.15) is 36.5 Å². The van der Waals surface area contributed by atoms with E-state index in [9.17, 15) is 4.79 Å². The van der Waals surface area contributed by atoms with Crippen LogP contribution in [0.25, 0.3) is 0 Å². The molecule has 1 aromatic heterocycles. The predicted octanol–water partition coefficient (Wildman–Crippen LogP) is 2.26. The van der Waals surface area contributed by atoms with Gasteiger partial charge in [0.05, 0.1) is 0 Å². The van der Waals surface area contributed by atoms with Crippen LogP contribution in [0.5, 0.6) is 0 Å². The molecule has 0 aromatic carbocycles. The van der Waals surface area contributed by atoms with Gasteiger partial charge in [-0.15, -0.1) is 0 Å². The van der Waals surface area contributed by atoms with E-state index in [-0.39, 0.29) is 11.9 Å². The van der Waals surface area contributed by atoms with Gasteiger partial charge in [0.15, 0.2) is 0 Å². The first-order valence-electron chi connectivity index (χ1n) is 5.27. The molecule has 3 heteroatoms. The van der Waals surface area contributed by atoms with Crippen molar-refractivity contribution in [2.75, 3.05) is 7.05 Å². The van der Waals surface area contributed by atoms with Crippen molar-refractivity contribution in [3.05, 3.63) is 29.6 Å². The maximum Gasteiger partial charge on any atom is 0.272 e. The smallest absolute Gasteiger partial charge is 0.272 e. The van der Waals surface area contributed by atoms with Gasteiger partial charge in [0.25, 0.3) is 5.91 Å². The van der Waals surface area contributed by atoms with Crippen LogP contribution in [0, 0.1) is 6.92 Å². The molecule has 0 aliphatic carbocycles. The molecule has 3 nitrogen and oxygen atoms in total. The van der Waals surface area contributed by atoms with Crippen molar-refractivity contribution in [2.45, 2.75) is 33.2 Å². The molecular formula is C12H18N2O. The lowest BCUT2D eigenvalue weighted by molar-refractivity contribution is 0.0734. The SMILES string of the molecule is CCC(C)N(C)C(=O)c1cccc(C)n1. The van der Waals surface area contributed by atoms with Crippen LogP contribution in [0.2, 0.25) is 0 Å². The van der Waals surface area contributed by atoms with Crippen LogP contribution in [0.15, 0.2) is 18.2 Å². The summed E-state index contributed by atoms with van der Waals surface area (Å²) in [5.41, 5.74) is 1.40. The molecule has 0 radical (unpaired) electrons. The Morgan fingerprint density at radius 1 is 1.53 bits per heavy atom. The molecule has 0 aliphatic rings. The minimum atomic E-state index is -0.00644. The van der Waals surface area contributed by atoms with Crippen molar-refractivity contribution in [3.8, 4) is 0 Å². The normalized spacial score (nSPS) is 12.3. The number of carbonyl (C=O) groups excluding carboxylic acids is 1. The number of hydrogen-bond acceptors (Lipinski definition) is 2. The van der Waals surface area contributed by atoms with Crippen molar-refractivity contribution in [1.82, 2.24) is 9.88 Å². The van der Waals surface area contributed by atoms with Crippen molar-refractivity contribution in [1.29, 1.82) is 0 Å². The quantitative estimate of drug-likeness (QED) is 0.760. The number of amides is 1. The van der Waals surface area contributed by atoms with Gasteiger partial charge in [-0.25, -0.2) is 4.98 Å². The van der Waals surface area contributed by atoms with Crippen LogP contribution in [-0.2, 0) is 0 Å². The summed E-state index contributed by atoms with van der Waals surface area (Å²) >= 11 is 0. The molecule has 1 atom stereocenters. The van der Waals surface area contributed by atoms with E-state index in [1.165, 1.54) is 0 Å². The molecule has 1 amide bonds. The number of nitrogens with zero attached hydrogens (tertiary/aromatic N) is 2. The topological polar surface area (TPSA) is 33.2 Å². The fraction of sp³-hybridized carbons (Fsp3) is 0.500. The molecule has 0 bridgehead atoms. The Morgan fingerprint density at radius 3 is 2.73 bits per heavy atom. The largest absolute Gasteiger partial charge is 0.338 e. The van der Waals surface area contributed by atoms with E-state index in [1.807, 2.05) is 33.0 Å². The first kappa shape index (κ1) is 11.7. The van der Waals surface area contributed by atoms with E-state index in [0.29, 0.717) is 5.69 Å². The molecule has 0 saturated heterocycles. The molecule has 1 aromatic rings. The maximum absolute atomic E-state index is 12.0. The van der Waals surface area contributed by atoms with Crippen LogP contribution < -0.4 is 0 Å². The summed E-state index contributed by atoms with van der Waals surface area (Å²) in [6.45, 7) is 5.99. The average molecular weight is 206 g/mol. The number of rotatable bonds is 3. The minimum absolute atomic E-state index is 0.00644. The Kier molecular flexibility index (Phi) is 3.83. The Bertz CT molecular complexity index is 349.